The molecular weight excluding hydrogens is 364 g/mol. The van der Waals surface area contributed by atoms with E-state index in [9.17, 15) is 0 Å². The van der Waals surface area contributed by atoms with Crippen molar-refractivity contribution >= 4 is 27.2 Å². The van der Waals surface area contributed by atoms with E-state index < -0.39 is 0 Å². The summed E-state index contributed by atoms with van der Waals surface area (Å²) in [4.78, 5) is 8.74. The standard InChI is InChI=1S/C23H31N4S/c1-5-6-9-26(4)18-12-16(2)22-20(14-18)28-21-15-19(13-17(3)23(21)25-22)27-10-7-24-8-11-27/h12-15,24H,5-11H2,1-4H3/q+1. The summed E-state index contributed by atoms with van der Waals surface area (Å²) >= 11 is 1.88. The van der Waals surface area contributed by atoms with Crippen LogP contribution in [0.5, 0.6) is 0 Å². The minimum absolute atomic E-state index is 1.06. The molecule has 0 atom stereocenters. The number of aromatic nitrogens is 1. The zero-order valence-corrected chi connectivity index (χ0v) is 18.3. The van der Waals surface area contributed by atoms with Crippen LogP contribution in [0, 0.1) is 13.8 Å². The van der Waals surface area contributed by atoms with E-state index in [-0.39, 0.29) is 0 Å². The third-order valence-corrected chi connectivity index (χ3v) is 6.78. The Balaban J connectivity index is 1.86. The number of hydrogen-bond acceptors (Lipinski definition) is 4. The third kappa shape index (κ3) is 3.78. The molecule has 28 heavy (non-hydrogen) atoms. The number of fused-ring (bicyclic) bond motifs is 2. The van der Waals surface area contributed by atoms with E-state index in [4.69, 9.17) is 4.98 Å². The highest BCUT2D eigenvalue weighted by atomic mass is 32.1. The maximum absolute atomic E-state index is 5.09. The highest BCUT2D eigenvalue weighted by Gasteiger charge is 2.17. The van der Waals surface area contributed by atoms with Crippen molar-refractivity contribution in [1.29, 1.82) is 0 Å². The van der Waals surface area contributed by atoms with Gasteiger partial charge in [-0.05, 0) is 43.5 Å². The van der Waals surface area contributed by atoms with Gasteiger partial charge >= 0.3 is 0 Å². The molecule has 1 fully saturated rings. The molecule has 1 aromatic carbocycles. The van der Waals surface area contributed by atoms with E-state index in [0.29, 0.717) is 0 Å². The number of nitrogens with zero attached hydrogens (tertiary/aromatic N) is 3. The molecule has 2 aliphatic heterocycles. The van der Waals surface area contributed by atoms with Crippen molar-refractivity contribution in [2.45, 2.75) is 33.6 Å². The van der Waals surface area contributed by atoms with Crippen molar-refractivity contribution in [2.75, 3.05) is 44.7 Å². The molecule has 1 N–H and O–H groups in total. The number of piperazine rings is 1. The lowest BCUT2D eigenvalue weighted by molar-refractivity contribution is 0.466. The molecule has 1 aliphatic carbocycles. The SMILES string of the molecule is CCCCN(C)c1cc(C)c2nc3c(C)cc(=[N+]4CCNCC4)cc-3sc2c1. The number of hydrogen-bond donors (Lipinski definition) is 1. The highest BCUT2D eigenvalue weighted by Crippen LogP contribution is 2.35. The Bertz CT molecular complexity index is 1030. The second-order valence-corrected chi connectivity index (χ2v) is 9.03. The van der Waals surface area contributed by atoms with Crippen LogP contribution in [0.4, 0.5) is 5.69 Å². The molecule has 1 saturated heterocycles. The lowest BCUT2D eigenvalue weighted by atomic mass is 10.1. The van der Waals surface area contributed by atoms with Crippen LogP contribution >= 0.6 is 11.3 Å². The largest absolute Gasteiger partial charge is 0.375 e. The van der Waals surface area contributed by atoms with Gasteiger partial charge in [-0.3, -0.25) is 0 Å². The quantitative estimate of drug-likeness (QED) is 0.541. The predicted octanol–water partition coefficient (Wildman–Crippen LogP) is 3.63. The highest BCUT2D eigenvalue weighted by molar-refractivity contribution is 7.21. The Hall–Kier alpha value is -1.98. The number of anilines is 1. The second-order valence-electron chi connectivity index (χ2n) is 7.94. The Morgan fingerprint density at radius 1 is 1.11 bits per heavy atom. The smallest absolute Gasteiger partial charge is 0.201 e. The van der Waals surface area contributed by atoms with Gasteiger partial charge in [0, 0.05) is 31.4 Å². The Labute approximate surface area is 171 Å². The van der Waals surface area contributed by atoms with Crippen LogP contribution in [-0.2, 0) is 0 Å². The molecule has 0 bridgehead atoms. The van der Waals surface area contributed by atoms with E-state index in [1.54, 1.807) is 0 Å². The van der Waals surface area contributed by atoms with Gasteiger partial charge in [0.15, 0.2) is 13.1 Å². The van der Waals surface area contributed by atoms with Crippen LogP contribution in [0.25, 0.3) is 20.8 Å². The summed E-state index contributed by atoms with van der Waals surface area (Å²) < 4.78 is 3.77. The maximum atomic E-state index is 5.09. The van der Waals surface area contributed by atoms with Gasteiger partial charge in [-0.1, -0.05) is 13.3 Å². The Morgan fingerprint density at radius 3 is 2.64 bits per heavy atom. The first kappa shape index (κ1) is 19.3. The summed E-state index contributed by atoms with van der Waals surface area (Å²) in [7, 11) is 2.20. The molecule has 3 aliphatic rings. The second kappa shape index (κ2) is 8.18. The number of benzene rings is 2. The predicted molar refractivity (Wildman–Crippen MR) is 122 cm³/mol. The molecule has 0 spiro atoms. The minimum atomic E-state index is 1.06. The molecule has 0 unspecified atom stereocenters. The molecule has 4 rings (SSSR count). The van der Waals surface area contributed by atoms with Crippen molar-refractivity contribution < 1.29 is 0 Å². The van der Waals surface area contributed by atoms with Crippen LogP contribution in [0.2, 0.25) is 0 Å². The Morgan fingerprint density at radius 2 is 1.89 bits per heavy atom. The van der Waals surface area contributed by atoms with Gasteiger partial charge in [-0.25, -0.2) is 9.56 Å². The first-order valence-electron chi connectivity index (χ1n) is 10.4. The van der Waals surface area contributed by atoms with E-state index >= 15 is 0 Å². The fraction of sp³-hybridized carbons (Fsp3) is 0.478. The van der Waals surface area contributed by atoms with E-state index in [1.807, 2.05) is 11.3 Å². The topological polar surface area (TPSA) is 31.2 Å². The van der Waals surface area contributed by atoms with Gasteiger partial charge in [-0.2, -0.15) is 0 Å². The molecule has 0 radical (unpaired) electrons. The molecule has 148 valence electrons. The molecule has 0 aromatic heterocycles. The first-order valence-corrected chi connectivity index (χ1v) is 11.2. The molecule has 4 nitrogen and oxygen atoms in total. The fourth-order valence-electron chi connectivity index (χ4n) is 3.98. The number of aryl methyl sites for hydroxylation is 2. The fourth-order valence-corrected chi connectivity index (χ4v) is 5.18. The number of nitrogens with one attached hydrogen (secondary N) is 1. The first-order chi connectivity index (χ1) is 13.6. The van der Waals surface area contributed by atoms with Crippen molar-refractivity contribution in [3.05, 3.63) is 40.7 Å². The van der Waals surface area contributed by atoms with Gasteiger partial charge in [0.2, 0.25) is 5.36 Å². The van der Waals surface area contributed by atoms with Crippen LogP contribution < -0.4 is 20.1 Å². The summed E-state index contributed by atoms with van der Waals surface area (Å²) in [6, 6.07) is 9.25. The summed E-state index contributed by atoms with van der Waals surface area (Å²) in [5.74, 6) is 0. The zero-order chi connectivity index (χ0) is 19.7. The van der Waals surface area contributed by atoms with Gasteiger partial charge in [0.25, 0.3) is 0 Å². The summed E-state index contributed by atoms with van der Waals surface area (Å²) in [5.41, 5.74) is 6.12. The van der Waals surface area contributed by atoms with Gasteiger partial charge in [-0.15, -0.1) is 11.3 Å². The van der Waals surface area contributed by atoms with Gasteiger partial charge < -0.3 is 10.2 Å². The van der Waals surface area contributed by atoms with E-state index in [1.165, 1.54) is 44.6 Å². The molecule has 5 heteroatoms. The third-order valence-electron chi connectivity index (χ3n) is 5.71. The lowest BCUT2D eigenvalue weighted by Crippen LogP contribution is -2.45. The minimum Gasteiger partial charge on any atom is -0.375 e. The van der Waals surface area contributed by atoms with Crippen molar-refractivity contribution in [3.8, 4) is 10.6 Å². The van der Waals surface area contributed by atoms with Crippen molar-refractivity contribution in [2.24, 2.45) is 0 Å². The molecular formula is C23H31N4S+. The van der Waals surface area contributed by atoms with Crippen molar-refractivity contribution in [1.82, 2.24) is 14.9 Å². The molecule has 0 amide bonds. The molecule has 1 aromatic rings. The Kier molecular flexibility index (Phi) is 5.65. The number of unbranched alkanes of at least 4 members (excludes halogenated alkanes) is 1. The lowest BCUT2D eigenvalue weighted by Gasteiger charge is -2.20. The van der Waals surface area contributed by atoms with Crippen LogP contribution in [0.3, 0.4) is 0 Å². The molecule has 0 saturated carbocycles. The summed E-state index contributed by atoms with van der Waals surface area (Å²) in [6.45, 7) is 12.0. The number of rotatable bonds is 4. The normalized spacial score (nSPS) is 14.8. The molecule has 2 heterocycles. The van der Waals surface area contributed by atoms with E-state index in [0.717, 1.165) is 43.9 Å². The van der Waals surface area contributed by atoms with Gasteiger partial charge in [0.1, 0.15) is 0 Å². The maximum Gasteiger partial charge on any atom is 0.201 e. The van der Waals surface area contributed by atoms with Crippen LogP contribution in [0.1, 0.15) is 30.9 Å². The summed E-state index contributed by atoms with van der Waals surface area (Å²) in [5, 5.41) is 4.77. The van der Waals surface area contributed by atoms with E-state index in [2.05, 4.69) is 66.9 Å². The van der Waals surface area contributed by atoms with Gasteiger partial charge in [0.05, 0.1) is 33.9 Å². The monoisotopic (exact) mass is 395 g/mol. The zero-order valence-electron chi connectivity index (χ0n) is 17.5. The van der Waals surface area contributed by atoms with Crippen LogP contribution in [-0.4, -0.2) is 44.8 Å². The average Bonchev–Trinajstić information content (AvgIpc) is 2.71. The van der Waals surface area contributed by atoms with Crippen LogP contribution in [0.15, 0.2) is 24.3 Å². The summed E-state index contributed by atoms with van der Waals surface area (Å²) in [6.07, 6.45) is 2.44. The average molecular weight is 396 g/mol. The van der Waals surface area contributed by atoms with Crippen molar-refractivity contribution in [3.63, 3.8) is 0 Å².